The second kappa shape index (κ2) is 5.34. The zero-order chi connectivity index (χ0) is 12.3. The van der Waals surface area contributed by atoms with Gasteiger partial charge in [-0.15, -0.1) is 0 Å². The number of halogens is 1. The highest BCUT2D eigenvalue weighted by Gasteiger charge is 2.03. The van der Waals surface area contributed by atoms with Crippen LogP contribution < -0.4 is 5.32 Å². The average molecular weight is 250 g/mol. The molecule has 0 saturated heterocycles. The maximum atomic E-state index is 6.12. The van der Waals surface area contributed by atoms with Crippen LogP contribution >= 0.6 is 11.6 Å². The molecule has 0 aliphatic heterocycles. The fourth-order valence-corrected chi connectivity index (χ4v) is 1.81. The van der Waals surface area contributed by atoms with Crippen LogP contribution in [-0.2, 0) is 6.54 Å². The van der Waals surface area contributed by atoms with Crippen LogP contribution in [0.1, 0.15) is 5.56 Å². The summed E-state index contributed by atoms with van der Waals surface area (Å²) in [5.41, 5.74) is 3.30. The number of aryl methyl sites for hydroxylation is 1. The van der Waals surface area contributed by atoms with Crippen LogP contribution in [0.25, 0.3) is 11.1 Å². The zero-order valence-electron chi connectivity index (χ0n) is 10.1. The summed E-state index contributed by atoms with van der Waals surface area (Å²) in [6, 6.07) is 6.08. The van der Waals surface area contributed by atoms with Crippen molar-refractivity contribution in [3.05, 3.63) is 41.2 Å². The number of aromatic nitrogens is 2. The third kappa shape index (κ3) is 2.87. The first-order valence-corrected chi connectivity index (χ1v) is 6.02. The molecule has 0 bridgehead atoms. The summed E-state index contributed by atoms with van der Waals surface area (Å²) in [7, 11) is 1.93. The van der Waals surface area contributed by atoms with Crippen molar-refractivity contribution in [1.82, 2.24) is 15.1 Å². The molecular formula is C13H16ClN3. The third-order valence-corrected chi connectivity index (χ3v) is 3.14. The lowest BCUT2D eigenvalue weighted by atomic mass is 10.1. The number of nitrogens with one attached hydrogen (secondary N) is 1. The molecule has 0 saturated carbocycles. The predicted octanol–water partition coefficient (Wildman–Crippen LogP) is 2.73. The maximum absolute atomic E-state index is 6.12. The Labute approximate surface area is 106 Å². The average Bonchev–Trinajstić information content (AvgIpc) is 2.79. The first kappa shape index (κ1) is 12.1. The monoisotopic (exact) mass is 249 g/mol. The van der Waals surface area contributed by atoms with Crippen LogP contribution in [0.15, 0.2) is 30.6 Å². The minimum Gasteiger partial charge on any atom is -0.318 e. The van der Waals surface area contributed by atoms with Crippen LogP contribution in [0.2, 0.25) is 5.02 Å². The van der Waals surface area contributed by atoms with Gasteiger partial charge in [-0.2, -0.15) is 5.10 Å². The van der Waals surface area contributed by atoms with Gasteiger partial charge in [-0.25, -0.2) is 0 Å². The van der Waals surface area contributed by atoms with Gasteiger partial charge < -0.3 is 5.32 Å². The van der Waals surface area contributed by atoms with E-state index in [0.29, 0.717) is 0 Å². The molecule has 1 aromatic carbocycles. The molecular weight excluding hydrogens is 234 g/mol. The molecule has 0 atom stereocenters. The summed E-state index contributed by atoms with van der Waals surface area (Å²) in [6.07, 6.45) is 3.91. The Hall–Kier alpha value is -1.32. The molecule has 0 amide bonds. The van der Waals surface area contributed by atoms with E-state index in [-0.39, 0.29) is 0 Å². The Bertz CT molecular complexity index is 505. The molecule has 1 N–H and O–H groups in total. The van der Waals surface area contributed by atoms with E-state index in [1.165, 1.54) is 0 Å². The van der Waals surface area contributed by atoms with E-state index in [2.05, 4.69) is 16.5 Å². The Morgan fingerprint density at radius 2 is 2.18 bits per heavy atom. The van der Waals surface area contributed by atoms with Crippen molar-refractivity contribution in [2.24, 2.45) is 0 Å². The van der Waals surface area contributed by atoms with Gasteiger partial charge in [-0.05, 0) is 31.2 Å². The van der Waals surface area contributed by atoms with E-state index in [1.807, 2.05) is 43.2 Å². The Morgan fingerprint density at radius 3 is 2.88 bits per heavy atom. The topological polar surface area (TPSA) is 29.9 Å². The SMILES string of the molecule is CNCCn1cc(-c2ccc(C)c(Cl)c2)cn1. The molecule has 0 aliphatic rings. The van der Waals surface area contributed by atoms with Crippen LogP contribution in [0.4, 0.5) is 0 Å². The Kier molecular flexibility index (Phi) is 3.82. The van der Waals surface area contributed by atoms with E-state index >= 15 is 0 Å². The van der Waals surface area contributed by atoms with Crippen molar-refractivity contribution in [1.29, 1.82) is 0 Å². The van der Waals surface area contributed by atoms with E-state index < -0.39 is 0 Å². The van der Waals surface area contributed by atoms with Gasteiger partial charge in [-0.3, -0.25) is 4.68 Å². The quantitative estimate of drug-likeness (QED) is 0.903. The zero-order valence-corrected chi connectivity index (χ0v) is 10.8. The van der Waals surface area contributed by atoms with Crippen LogP contribution in [0.3, 0.4) is 0 Å². The number of benzene rings is 1. The van der Waals surface area contributed by atoms with Crippen molar-refractivity contribution in [2.75, 3.05) is 13.6 Å². The fourth-order valence-electron chi connectivity index (χ4n) is 1.63. The molecule has 0 aliphatic carbocycles. The highest BCUT2D eigenvalue weighted by molar-refractivity contribution is 6.31. The summed E-state index contributed by atoms with van der Waals surface area (Å²) >= 11 is 6.12. The number of hydrogen-bond donors (Lipinski definition) is 1. The van der Waals surface area contributed by atoms with E-state index in [0.717, 1.165) is 34.8 Å². The molecule has 0 fully saturated rings. The summed E-state index contributed by atoms with van der Waals surface area (Å²) in [5.74, 6) is 0. The van der Waals surface area contributed by atoms with Crippen molar-refractivity contribution in [3.8, 4) is 11.1 Å². The third-order valence-electron chi connectivity index (χ3n) is 2.73. The maximum Gasteiger partial charge on any atom is 0.0568 e. The molecule has 2 aromatic rings. The normalized spacial score (nSPS) is 10.8. The molecule has 90 valence electrons. The van der Waals surface area contributed by atoms with Gasteiger partial charge in [0.2, 0.25) is 0 Å². The second-order valence-corrected chi connectivity index (χ2v) is 4.47. The van der Waals surface area contributed by atoms with Crippen LogP contribution in [-0.4, -0.2) is 23.4 Å². The van der Waals surface area contributed by atoms with Crippen LogP contribution in [0.5, 0.6) is 0 Å². The molecule has 2 rings (SSSR count). The van der Waals surface area contributed by atoms with Crippen molar-refractivity contribution in [2.45, 2.75) is 13.5 Å². The summed E-state index contributed by atoms with van der Waals surface area (Å²) in [4.78, 5) is 0. The Balaban J connectivity index is 2.21. The molecule has 1 heterocycles. The Morgan fingerprint density at radius 1 is 1.35 bits per heavy atom. The lowest BCUT2D eigenvalue weighted by Gasteiger charge is -2.01. The van der Waals surface area contributed by atoms with E-state index in [4.69, 9.17) is 11.6 Å². The van der Waals surface area contributed by atoms with Crippen LogP contribution in [0, 0.1) is 6.92 Å². The summed E-state index contributed by atoms with van der Waals surface area (Å²) in [6.45, 7) is 3.79. The number of rotatable bonds is 4. The van der Waals surface area contributed by atoms with Gasteiger partial charge in [0, 0.05) is 23.3 Å². The smallest absolute Gasteiger partial charge is 0.0568 e. The fraction of sp³-hybridized carbons (Fsp3) is 0.308. The minimum atomic E-state index is 0.797. The predicted molar refractivity (Wildman–Crippen MR) is 71.3 cm³/mol. The van der Waals surface area contributed by atoms with Gasteiger partial charge >= 0.3 is 0 Å². The highest BCUT2D eigenvalue weighted by atomic mass is 35.5. The largest absolute Gasteiger partial charge is 0.318 e. The lowest BCUT2D eigenvalue weighted by Crippen LogP contribution is -2.14. The molecule has 0 spiro atoms. The molecule has 3 nitrogen and oxygen atoms in total. The number of hydrogen-bond acceptors (Lipinski definition) is 2. The first-order valence-electron chi connectivity index (χ1n) is 5.64. The molecule has 4 heteroatoms. The summed E-state index contributed by atoms with van der Waals surface area (Å²) < 4.78 is 1.93. The molecule has 0 unspecified atom stereocenters. The van der Waals surface area contributed by atoms with E-state index in [9.17, 15) is 0 Å². The molecule has 17 heavy (non-hydrogen) atoms. The van der Waals surface area contributed by atoms with Crippen molar-refractivity contribution < 1.29 is 0 Å². The van der Waals surface area contributed by atoms with Gasteiger partial charge in [0.1, 0.15) is 0 Å². The minimum absolute atomic E-state index is 0.797. The van der Waals surface area contributed by atoms with Gasteiger partial charge in [-0.1, -0.05) is 23.7 Å². The highest BCUT2D eigenvalue weighted by Crippen LogP contribution is 2.24. The van der Waals surface area contributed by atoms with E-state index in [1.54, 1.807) is 0 Å². The van der Waals surface area contributed by atoms with Gasteiger partial charge in [0.15, 0.2) is 0 Å². The molecule has 0 radical (unpaired) electrons. The molecule has 1 aromatic heterocycles. The lowest BCUT2D eigenvalue weighted by molar-refractivity contribution is 0.585. The second-order valence-electron chi connectivity index (χ2n) is 4.06. The van der Waals surface area contributed by atoms with Gasteiger partial charge in [0.05, 0.1) is 12.7 Å². The first-order chi connectivity index (χ1) is 8.20. The number of nitrogens with zero attached hydrogens (tertiary/aromatic N) is 2. The standard InChI is InChI=1S/C13H16ClN3/c1-10-3-4-11(7-13(10)14)12-8-16-17(9-12)6-5-15-2/h3-4,7-9,15H,5-6H2,1-2H3. The number of likely N-dealkylation sites (N-methyl/N-ethyl adjacent to an activating group) is 1. The van der Waals surface area contributed by atoms with Gasteiger partial charge in [0.25, 0.3) is 0 Å². The summed E-state index contributed by atoms with van der Waals surface area (Å²) in [5, 5.41) is 8.21. The van der Waals surface area contributed by atoms with Crippen molar-refractivity contribution >= 4 is 11.6 Å². The van der Waals surface area contributed by atoms with Crippen molar-refractivity contribution in [3.63, 3.8) is 0 Å².